The van der Waals surface area contributed by atoms with E-state index in [0.717, 1.165) is 109 Å². The lowest BCUT2D eigenvalue weighted by Crippen LogP contribution is -2.67. The van der Waals surface area contributed by atoms with Crippen LogP contribution >= 0.6 is 0 Å². The van der Waals surface area contributed by atoms with Crippen molar-refractivity contribution < 1.29 is 94.9 Å². The van der Waals surface area contributed by atoms with E-state index in [2.05, 4.69) is 105 Å². The summed E-state index contributed by atoms with van der Waals surface area (Å²) in [4.78, 5) is 25.9. The molecule has 6 unspecified atom stereocenters. The average molecular weight is 1550 g/mol. The van der Waals surface area contributed by atoms with Crippen molar-refractivity contribution in [1.82, 2.24) is 10.6 Å². The summed E-state index contributed by atoms with van der Waals surface area (Å²) in [7, 11) is 0. The first-order chi connectivity index (χ1) is 52.9. The minimum atomic E-state index is -3.03. The standard InChI is InChI=1S/C44H83NO10.C44H79NO9/c1-3-5-7-9-11-13-15-17-18-19-20-21-23-25-27-29-31-33-39(48)45-36(35-54-43-44(52,53)42(51)41(50)38(34-46)55-43)40(49)37(47)32-30-28-26-24-22-16-14-12-10-8-6-4-2;1-3-5-7-9-11-13-15-17-18-19-20-21-23-25-27-29-31-33-39(48)45-36(35-53-44-43(52)42(51)41(50)38(34-46)54-44)40(49)37(47)32-30-28-26-24-22-16-14-12-10-8-6-4-2/h11,13,17-18,36-38,40-43,46-47,49-53H,3-10,12,14-16,19-35H2,1-2H3,(H,45,48);11,13,17-18,20-21,25,27,36-38,40-44,46-47,49-52H,3-10,12,14-16,19,22-24,26,28-35H2,1-2H3,(H,45,48)/b13-11-,18-17-;13-11-,18-17-,21-20-,27-25-/t36-,37+,38?,40-,41-,42-,43-;36-,37+,38?,40-,41?,42?,43?,44?/m00/s1. The van der Waals surface area contributed by atoms with Crippen molar-refractivity contribution in [3.05, 3.63) is 72.9 Å². The van der Waals surface area contributed by atoms with Crippen molar-refractivity contribution in [3.8, 4) is 0 Å². The van der Waals surface area contributed by atoms with Gasteiger partial charge in [-0.05, 0) is 96.3 Å². The van der Waals surface area contributed by atoms with E-state index in [-0.39, 0.29) is 31.3 Å². The lowest BCUT2D eigenvalue weighted by molar-refractivity contribution is -0.405. The van der Waals surface area contributed by atoms with E-state index >= 15 is 0 Å². The summed E-state index contributed by atoms with van der Waals surface area (Å²) in [5.41, 5.74) is 0. The Labute approximate surface area is 660 Å². The summed E-state index contributed by atoms with van der Waals surface area (Å²) < 4.78 is 21.9. The molecule has 15 atom stereocenters. The van der Waals surface area contributed by atoms with Crippen LogP contribution in [0.15, 0.2) is 72.9 Å². The molecule has 0 aromatic carbocycles. The summed E-state index contributed by atoms with van der Waals surface area (Å²) in [5.74, 6) is -3.68. The molecule has 2 aliphatic heterocycles. The van der Waals surface area contributed by atoms with E-state index in [9.17, 15) is 76.0 Å². The first kappa shape index (κ1) is 104. The van der Waals surface area contributed by atoms with E-state index in [4.69, 9.17) is 18.9 Å². The number of aliphatic hydroxyl groups excluding tert-OH is 11. The van der Waals surface area contributed by atoms with Gasteiger partial charge < -0.3 is 96.0 Å². The predicted octanol–water partition coefficient (Wildman–Crippen LogP) is 14.3. The highest BCUT2D eigenvalue weighted by atomic mass is 16.7. The minimum absolute atomic E-state index is 0.204. The van der Waals surface area contributed by atoms with E-state index in [1.54, 1.807) is 0 Å². The molecule has 0 radical (unpaired) electrons. The van der Waals surface area contributed by atoms with Gasteiger partial charge in [0.05, 0.1) is 50.7 Å². The third kappa shape index (κ3) is 52.7. The maximum Gasteiger partial charge on any atom is 0.245 e. The van der Waals surface area contributed by atoms with Crippen LogP contribution < -0.4 is 10.6 Å². The first-order valence-corrected chi connectivity index (χ1v) is 43.7. The van der Waals surface area contributed by atoms with Gasteiger partial charge in [-0.25, -0.2) is 0 Å². The maximum absolute atomic E-state index is 13.0. The van der Waals surface area contributed by atoms with Crippen LogP contribution in [0.25, 0.3) is 0 Å². The molecule has 0 spiro atoms. The lowest BCUT2D eigenvalue weighted by Gasteiger charge is -2.44. The molecule has 109 heavy (non-hydrogen) atoms. The van der Waals surface area contributed by atoms with Crippen LogP contribution in [-0.4, -0.2) is 202 Å². The van der Waals surface area contributed by atoms with Gasteiger partial charge in [-0.2, -0.15) is 0 Å². The van der Waals surface area contributed by atoms with E-state index in [1.807, 2.05) is 6.08 Å². The zero-order valence-corrected chi connectivity index (χ0v) is 68.5. The number of amides is 2. The third-order valence-corrected chi connectivity index (χ3v) is 20.8. The van der Waals surface area contributed by atoms with E-state index in [0.29, 0.717) is 38.5 Å². The number of carbonyl (C=O) groups excluding carboxylic acids is 2. The van der Waals surface area contributed by atoms with Gasteiger partial charge in [0.15, 0.2) is 6.29 Å². The van der Waals surface area contributed by atoms with Crippen LogP contribution in [-0.2, 0) is 28.5 Å². The second kappa shape index (κ2) is 71.3. The van der Waals surface area contributed by atoms with Gasteiger partial charge in [0.25, 0.3) is 0 Å². The SMILES string of the molecule is CCCCC/C=C\C/C=C\C/C=C\C/C=C\CCCC(=O)N[C@@H](COC1OC(CO)C(O)C(O)C1O)[C@H](O)[C@H](O)CCCCCCCCCCCCCC.CCCCC/C=C\C/C=C\CCCCCCCCCC(=O)N[C@@H](CO[C@H]1OC(CO)[C@H](O)[C@H](O)C1(O)O)[C@H](O)[C@H](O)CCCCCCCCCCCCCC. The largest absolute Gasteiger partial charge is 0.394 e. The Hall–Kier alpha value is -3.30. The van der Waals surface area contributed by atoms with Gasteiger partial charge >= 0.3 is 0 Å². The summed E-state index contributed by atoms with van der Waals surface area (Å²) in [6.07, 6.45) is 59.4. The number of nitrogens with one attached hydrogen (secondary N) is 2. The molecular formula is C88H162N2O19. The molecule has 21 heteroatoms. The van der Waals surface area contributed by atoms with Crippen molar-refractivity contribution >= 4 is 11.8 Å². The molecule has 2 fully saturated rings. The van der Waals surface area contributed by atoms with E-state index in [1.165, 1.54) is 161 Å². The quantitative estimate of drug-likeness (QED) is 0.0153. The number of hydrogen-bond donors (Lipinski definition) is 15. The zero-order chi connectivity index (χ0) is 80.2. The smallest absolute Gasteiger partial charge is 0.245 e. The zero-order valence-electron chi connectivity index (χ0n) is 68.5. The molecule has 638 valence electrons. The van der Waals surface area contributed by atoms with Crippen molar-refractivity contribution in [2.24, 2.45) is 0 Å². The molecule has 2 aliphatic rings. The van der Waals surface area contributed by atoms with Gasteiger partial charge in [0.1, 0.15) is 54.9 Å². The van der Waals surface area contributed by atoms with Gasteiger partial charge in [-0.1, -0.05) is 312 Å². The van der Waals surface area contributed by atoms with Crippen molar-refractivity contribution in [2.45, 2.75) is 446 Å². The van der Waals surface area contributed by atoms with Gasteiger partial charge in [0.2, 0.25) is 23.9 Å². The molecule has 0 aliphatic carbocycles. The number of aliphatic hydroxyl groups is 13. The monoisotopic (exact) mass is 1550 g/mol. The fourth-order valence-corrected chi connectivity index (χ4v) is 13.5. The molecule has 2 amide bonds. The Balaban J connectivity index is 0.00000109. The normalized spacial score (nSPS) is 22.1. The molecule has 0 aromatic rings. The van der Waals surface area contributed by atoms with Crippen LogP contribution in [0.3, 0.4) is 0 Å². The van der Waals surface area contributed by atoms with Gasteiger partial charge in [0, 0.05) is 12.8 Å². The Morgan fingerprint density at radius 1 is 0.367 bits per heavy atom. The Kier molecular flexibility index (Phi) is 67.8. The second-order valence-corrected chi connectivity index (χ2v) is 30.8. The minimum Gasteiger partial charge on any atom is -0.394 e. The summed E-state index contributed by atoms with van der Waals surface area (Å²) in [6.45, 7) is 6.76. The molecule has 2 saturated heterocycles. The molecular weight excluding hydrogens is 1390 g/mol. The number of hydrogen-bond acceptors (Lipinski definition) is 19. The van der Waals surface area contributed by atoms with Crippen LogP contribution in [0.4, 0.5) is 0 Å². The number of ether oxygens (including phenoxy) is 4. The second-order valence-electron chi connectivity index (χ2n) is 30.8. The predicted molar refractivity (Wildman–Crippen MR) is 437 cm³/mol. The van der Waals surface area contributed by atoms with Gasteiger partial charge in [-0.3, -0.25) is 9.59 Å². The maximum atomic E-state index is 13.0. The Bertz CT molecular complexity index is 2270. The molecule has 15 N–H and O–H groups in total. The summed E-state index contributed by atoms with van der Waals surface area (Å²) in [6, 6.07) is -2.14. The van der Waals surface area contributed by atoms with Crippen LogP contribution in [0.5, 0.6) is 0 Å². The number of rotatable bonds is 70. The topological polar surface area (TPSA) is 358 Å². The molecule has 2 rings (SSSR count). The Morgan fingerprint density at radius 3 is 1.06 bits per heavy atom. The highest BCUT2D eigenvalue weighted by molar-refractivity contribution is 5.76. The summed E-state index contributed by atoms with van der Waals surface area (Å²) >= 11 is 0. The first-order valence-electron chi connectivity index (χ1n) is 43.7. The molecule has 0 saturated carbocycles. The third-order valence-electron chi connectivity index (χ3n) is 20.8. The van der Waals surface area contributed by atoms with Crippen LogP contribution in [0.2, 0.25) is 0 Å². The van der Waals surface area contributed by atoms with E-state index < -0.39 is 117 Å². The number of carbonyl (C=O) groups is 2. The molecule has 0 bridgehead atoms. The fraction of sp³-hybridized carbons (Fsp3) is 0.841. The van der Waals surface area contributed by atoms with Crippen molar-refractivity contribution in [1.29, 1.82) is 0 Å². The number of unbranched alkanes of at least 4 members (excludes halogenated alkanes) is 36. The van der Waals surface area contributed by atoms with Gasteiger partial charge in [-0.15, -0.1) is 0 Å². The fourth-order valence-electron chi connectivity index (χ4n) is 13.5. The molecule has 2 heterocycles. The highest BCUT2D eigenvalue weighted by Gasteiger charge is 2.55. The van der Waals surface area contributed by atoms with Crippen molar-refractivity contribution in [3.63, 3.8) is 0 Å². The summed E-state index contributed by atoms with van der Waals surface area (Å²) in [5, 5.41) is 140. The number of allylic oxidation sites excluding steroid dienone is 12. The Morgan fingerprint density at radius 2 is 0.670 bits per heavy atom. The van der Waals surface area contributed by atoms with Crippen molar-refractivity contribution in [2.75, 3.05) is 26.4 Å². The molecule has 0 aromatic heterocycles. The molecule has 21 nitrogen and oxygen atoms in total. The average Bonchev–Trinajstić information content (AvgIpc) is 0.783. The van der Waals surface area contributed by atoms with Crippen LogP contribution in [0.1, 0.15) is 349 Å². The highest BCUT2D eigenvalue weighted by Crippen LogP contribution is 2.30. The lowest BCUT2D eigenvalue weighted by atomic mass is 9.96. The van der Waals surface area contributed by atoms with Crippen LogP contribution in [0, 0.1) is 0 Å².